The summed E-state index contributed by atoms with van der Waals surface area (Å²) in [6.45, 7) is 4.03. The molecule has 0 saturated heterocycles. The fourth-order valence-electron chi connectivity index (χ4n) is 3.11. The maximum Gasteiger partial charge on any atom is 0.258 e. The van der Waals surface area contributed by atoms with Gasteiger partial charge in [-0.2, -0.15) is 0 Å². The number of sulfonamides is 1. The standard InChI is InChI=1S/C19H30N2O4S/c1-3-12-20-26(23,24)17-10-11-18(15(2)13-17)25-14-19(22)21-16-8-6-4-5-7-9-16/h10-11,13,16,20H,3-9,12,14H2,1-2H3,(H,21,22). The highest BCUT2D eigenvalue weighted by molar-refractivity contribution is 7.89. The first-order valence-electron chi connectivity index (χ1n) is 9.45. The molecule has 0 bridgehead atoms. The van der Waals surface area contributed by atoms with E-state index in [0.717, 1.165) is 32.1 Å². The van der Waals surface area contributed by atoms with Gasteiger partial charge in [-0.15, -0.1) is 0 Å². The van der Waals surface area contributed by atoms with Gasteiger partial charge >= 0.3 is 0 Å². The molecule has 1 aliphatic carbocycles. The Balaban J connectivity index is 1.90. The molecule has 2 rings (SSSR count). The van der Waals surface area contributed by atoms with E-state index in [4.69, 9.17) is 4.74 Å². The lowest BCUT2D eigenvalue weighted by molar-refractivity contribution is -0.123. The highest BCUT2D eigenvalue weighted by atomic mass is 32.2. The fourth-order valence-corrected chi connectivity index (χ4v) is 4.33. The third-order valence-electron chi connectivity index (χ3n) is 4.58. The van der Waals surface area contributed by atoms with Crippen molar-refractivity contribution in [2.45, 2.75) is 69.7 Å². The van der Waals surface area contributed by atoms with Crippen molar-refractivity contribution in [3.05, 3.63) is 23.8 Å². The van der Waals surface area contributed by atoms with E-state index in [-0.39, 0.29) is 23.5 Å². The molecule has 1 aromatic carbocycles. The lowest BCUT2D eigenvalue weighted by Crippen LogP contribution is -2.37. The summed E-state index contributed by atoms with van der Waals surface area (Å²) in [7, 11) is -3.50. The SMILES string of the molecule is CCCNS(=O)(=O)c1ccc(OCC(=O)NC2CCCCCC2)c(C)c1. The van der Waals surface area contributed by atoms with Crippen LogP contribution in [0.1, 0.15) is 57.4 Å². The Morgan fingerprint density at radius 2 is 1.88 bits per heavy atom. The molecule has 26 heavy (non-hydrogen) atoms. The molecule has 7 heteroatoms. The summed E-state index contributed by atoms with van der Waals surface area (Å²) >= 11 is 0. The second-order valence-electron chi connectivity index (χ2n) is 6.87. The second-order valence-corrected chi connectivity index (χ2v) is 8.64. The monoisotopic (exact) mass is 382 g/mol. The molecule has 0 unspecified atom stereocenters. The average molecular weight is 383 g/mol. The molecular formula is C19H30N2O4S. The number of ether oxygens (including phenoxy) is 1. The molecule has 0 atom stereocenters. The second kappa shape index (κ2) is 9.92. The Morgan fingerprint density at radius 3 is 2.50 bits per heavy atom. The number of rotatable bonds is 8. The molecular weight excluding hydrogens is 352 g/mol. The Hall–Kier alpha value is -1.60. The van der Waals surface area contributed by atoms with Crippen LogP contribution in [0.25, 0.3) is 0 Å². The van der Waals surface area contributed by atoms with Crippen LogP contribution >= 0.6 is 0 Å². The summed E-state index contributed by atoms with van der Waals surface area (Å²) in [5, 5.41) is 3.04. The number of nitrogens with one attached hydrogen (secondary N) is 2. The summed E-state index contributed by atoms with van der Waals surface area (Å²) in [6.07, 6.45) is 7.59. The van der Waals surface area contributed by atoms with Crippen molar-refractivity contribution in [2.75, 3.05) is 13.2 Å². The van der Waals surface area contributed by atoms with Crippen LogP contribution < -0.4 is 14.8 Å². The van der Waals surface area contributed by atoms with Crippen molar-refractivity contribution >= 4 is 15.9 Å². The molecule has 0 radical (unpaired) electrons. The van der Waals surface area contributed by atoms with E-state index in [1.54, 1.807) is 19.1 Å². The van der Waals surface area contributed by atoms with E-state index in [1.807, 2.05) is 6.92 Å². The van der Waals surface area contributed by atoms with Gasteiger partial charge in [0.1, 0.15) is 5.75 Å². The van der Waals surface area contributed by atoms with Crippen LogP contribution in [-0.2, 0) is 14.8 Å². The van der Waals surface area contributed by atoms with E-state index in [0.29, 0.717) is 17.9 Å². The first-order chi connectivity index (χ1) is 12.4. The van der Waals surface area contributed by atoms with Crippen molar-refractivity contribution in [3.63, 3.8) is 0 Å². The molecule has 1 amide bonds. The number of carbonyl (C=O) groups is 1. The first-order valence-corrected chi connectivity index (χ1v) is 10.9. The number of hydrogen-bond donors (Lipinski definition) is 2. The Kier molecular flexibility index (Phi) is 7.90. The molecule has 0 spiro atoms. The normalized spacial score (nSPS) is 16.1. The van der Waals surface area contributed by atoms with Crippen LogP contribution in [0.15, 0.2) is 23.1 Å². The summed E-state index contributed by atoms with van der Waals surface area (Å²) in [6, 6.07) is 4.92. The number of hydrogen-bond acceptors (Lipinski definition) is 4. The lowest BCUT2D eigenvalue weighted by Gasteiger charge is -2.17. The molecule has 1 aliphatic rings. The van der Waals surface area contributed by atoms with Crippen molar-refractivity contribution in [1.82, 2.24) is 10.0 Å². The van der Waals surface area contributed by atoms with E-state index >= 15 is 0 Å². The fraction of sp³-hybridized carbons (Fsp3) is 0.632. The minimum absolute atomic E-state index is 0.0580. The number of aryl methyl sites for hydroxylation is 1. The molecule has 146 valence electrons. The maximum absolute atomic E-state index is 12.2. The van der Waals surface area contributed by atoms with Crippen molar-refractivity contribution < 1.29 is 17.9 Å². The predicted octanol–water partition coefficient (Wildman–Crippen LogP) is 2.90. The van der Waals surface area contributed by atoms with Crippen molar-refractivity contribution in [3.8, 4) is 5.75 Å². The molecule has 0 aromatic heterocycles. The Labute approximate surface area is 156 Å². The largest absolute Gasteiger partial charge is 0.484 e. The van der Waals surface area contributed by atoms with Crippen molar-refractivity contribution in [1.29, 1.82) is 0 Å². The Morgan fingerprint density at radius 1 is 1.19 bits per heavy atom. The van der Waals surface area contributed by atoms with Gasteiger partial charge in [-0.3, -0.25) is 4.79 Å². The third kappa shape index (κ3) is 6.29. The van der Waals surface area contributed by atoms with Crippen LogP contribution in [0.4, 0.5) is 0 Å². The summed E-state index contributed by atoms with van der Waals surface area (Å²) in [4.78, 5) is 12.3. The molecule has 1 aromatic rings. The zero-order valence-corrected chi connectivity index (χ0v) is 16.5. The van der Waals surface area contributed by atoms with E-state index in [9.17, 15) is 13.2 Å². The van der Waals surface area contributed by atoms with Gasteiger partial charge in [0.15, 0.2) is 6.61 Å². The highest BCUT2D eigenvalue weighted by Crippen LogP contribution is 2.22. The molecule has 1 fully saturated rings. The molecule has 6 nitrogen and oxygen atoms in total. The van der Waals surface area contributed by atoms with Crippen LogP contribution in [-0.4, -0.2) is 33.5 Å². The molecule has 1 saturated carbocycles. The van der Waals surface area contributed by atoms with Crippen LogP contribution in [0, 0.1) is 6.92 Å². The molecule has 0 aliphatic heterocycles. The van der Waals surface area contributed by atoms with Crippen molar-refractivity contribution in [2.24, 2.45) is 0 Å². The minimum atomic E-state index is -3.50. The van der Waals surface area contributed by atoms with Gasteiger partial charge in [-0.1, -0.05) is 32.6 Å². The summed E-state index contributed by atoms with van der Waals surface area (Å²) < 4.78 is 32.4. The van der Waals surface area contributed by atoms with Gasteiger partial charge in [-0.05, 0) is 49.9 Å². The maximum atomic E-state index is 12.2. The van der Waals surface area contributed by atoms with Gasteiger partial charge in [0.2, 0.25) is 10.0 Å². The number of carbonyl (C=O) groups excluding carboxylic acids is 1. The van der Waals surface area contributed by atoms with Crippen LogP contribution in [0.3, 0.4) is 0 Å². The molecule has 0 heterocycles. The van der Waals surface area contributed by atoms with Gasteiger partial charge in [0.25, 0.3) is 5.91 Å². The smallest absolute Gasteiger partial charge is 0.258 e. The zero-order chi connectivity index (χ0) is 19.0. The summed E-state index contributed by atoms with van der Waals surface area (Å²) in [5.41, 5.74) is 0.687. The van der Waals surface area contributed by atoms with Crippen LogP contribution in [0.2, 0.25) is 0 Å². The molecule has 2 N–H and O–H groups in total. The van der Waals surface area contributed by atoms with Gasteiger partial charge in [0.05, 0.1) is 4.90 Å². The first kappa shape index (κ1) is 20.7. The van der Waals surface area contributed by atoms with Gasteiger partial charge < -0.3 is 10.1 Å². The van der Waals surface area contributed by atoms with Crippen LogP contribution in [0.5, 0.6) is 5.75 Å². The average Bonchev–Trinajstić information content (AvgIpc) is 2.87. The predicted molar refractivity (Wildman–Crippen MR) is 102 cm³/mol. The quantitative estimate of drug-likeness (QED) is 0.677. The van der Waals surface area contributed by atoms with E-state index < -0.39 is 10.0 Å². The van der Waals surface area contributed by atoms with Gasteiger partial charge in [0, 0.05) is 12.6 Å². The van der Waals surface area contributed by atoms with Gasteiger partial charge in [-0.25, -0.2) is 13.1 Å². The topological polar surface area (TPSA) is 84.5 Å². The minimum Gasteiger partial charge on any atom is -0.484 e. The zero-order valence-electron chi connectivity index (χ0n) is 15.7. The summed E-state index contributed by atoms with van der Waals surface area (Å²) in [5.74, 6) is 0.396. The number of benzene rings is 1. The van der Waals surface area contributed by atoms with E-state index in [1.165, 1.54) is 18.9 Å². The highest BCUT2D eigenvalue weighted by Gasteiger charge is 2.17. The number of amides is 1. The lowest BCUT2D eigenvalue weighted by atomic mass is 10.1. The Bertz CT molecular complexity index is 695. The van der Waals surface area contributed by atoms with E-state index in [2.05, 4.69) is 10.0 Å². The third-order valence-corrected chi connectivity index (χ3v) is 6.04.